The van der Waals surface area contributed by atoms with Gasteiger partial charge in [0.05, 0.1) is 13.0 Å². The van der Waals surface area contributed by atoms with E-state index < -0.39 is 0 Å². The monoisotopic (exact) mass is 381 g/mol. The van der Waals surface area contributed by atoms with Crippen molar-refractivity contribution in [2.24, 2.45) is 16.7 Å². The number of carbonyl (C=O) groups excluding carboxylic acids is 2. The summed E-state index contributed by atoms with van der Waals surface area (Å²) in [6.07, 6.45) is 7.07. The molecule has 0 aromatic heterocycles. The standard InChI is InChI=1S/C24H31NO3/c1-16-4-3-5-20(17(16)2)18-10-23(11-18)6-8-25(9-7-23)22(27)19-12-24(13-19)14-21(26)28-15-24/h3-5,18-19H,6-15H2,1-2H3. The van der Waals surface area contributed by atoms with Crippen LogP contribution >= 0.6 is 0 Å². The molecule has 2 spiro atoms. The Morgan fingerprint density at radius 1 is 1.07 bits per heavy atom. The first kappa shape index (κ1) is 18.2. The van der Waals surface area contributed by atoms with Gasteiger partial charge >= 0.3 is 5.97 Å². The van der Waals surface area contributed by atoms with Crippen LogP contribution in [0.25, 0.3) is 0 Å². The van der Waals surface area contributed by atoms with Crippen molar-refractivity contribution in [1.29, 1.82) is 0 Å². The summed E-state index contributed by atoms with van der Waals surface area (Å²) in [5.41, 5.74) is 4.85. The second kappa shape index (κ2) is 6.33. The van der Waals surface area contributed by atoms with Crippen molar-refractivity contribution < 1.29 is 14.3 Å². The molecule has 1 amide bonds. The van der Waals surface area contributed by atoms with Crippen LogP contribution in [0.2, 0.25) is 0 Å². The number of hydrogen-bond acceptors (Lipinski definition) is 3. The van der Waals surface area contributed by atoms with Gasteiger partial charge < -0.3 is 9.64 Å². The summed E-state index contributed by atoms with van der Waals surface area (Å²) in [6.45, 7) is 6.81. The predicted molar refractivity (Wildman–Crippen MR) is 107 cm³/mol. The number of nitrogens with zero attached hydrogens (tertiary/aromatic N) is 1. The van der Waals surface area contributed by atoms with Gasteiger partial charge in [-0.1, -0.05) is 18.2 Å². The molecule has 4 fully saturated rings. The van der Waals surface area contributed by atoms with Gasteiger partial charge in [-0.05, 0) is 80.4 Å². The largest absolute Gasteiger partial charge is 0.465 e. The number of cyclic esters (lactones) is 1. The maximum absolute atomic E-state index is 12.9. The predicted octanol–water partition coefficient (Wildman–Crippen LogP) is 4.13. The van der Waals surface area contributed by atoms with Crippen LogP contribution in [0, 0.1) is 30.6 Å². The van der Waals surface area contributed by atoms with Crippen molar-refractivity contribution in [3.8, 4) is 0 Å². The van der Waals surface area contributed by atoms with Crippen LogP contribution in [0.4, 0.5) is 0 Å². The van der Waals surface area contributed by atoms with Crippen molar-refractivity contribution in [2.75, 3.05) is 19.7 Å². The fourth-order valence-electron chi connectivity index (χ4n) is 6.35. The Balaban J connectivity index is 1.13. The van der Waals surface area contributed by atoms with Crippen LogP contribution in [0.1, 0.15) is 67.6 Å². The molecule has 150 valence electrons. The van der Waals surface area contributed by atoms with Crippen LogP contribution in [-0.2, 0) is 14.3 Å². The molecule has 4 heteroatoms. The SMILES string of the molecule is Cc1cccc(C2CC3(CCN(C(=O)C4CC5(COC(=O)C5)C4)CC3)C2)c1C. The van der Waals surface area contributed by atoms with Crippen LogP contribution in [0.3, 0.4) is 0 Å². The molecular weight excluding hydrogens is 350 g/mol. The molecule has 1 aromatic rings. The number of piperidine rings is 1. The van der Waals surface area contributed by atoms with E-state index in [0.717, 1.165) is 38.8 Å². The number of amides is 1. The van der Waals surface area contributed by atoms with E-state index in [1.165, 1.54) is 29.5 Å². The fraction of sp³-hybridized carbons (Fsp3) is 0.667. The molecule has 2 saturated carbocycles. The van der Waals surface area contributed by atoms with Gasteiger partial charge in [-0.25, -0.2) is 0 Å². The third kappa shape index (κ3) is 2.87. The Hall–Kier alpha value is -1.84. The summed E-state index contributed by atoms with van der Waals surface area (Å²) < 4.78 is 5.13. The zero-order chi connectivity index (χ0) is 19.5. The van der Waals surface area contributed by atoms with Gasteiger partial charge in [0, 0.05) is 24.4 Å². The highest BCUT2D eigenvalue weighted by Gasteiger charge is 2.54. The molecule has 0 unspecified atom stereocenters. The summed E-state index contributed by atoms with van der Waals surface area (Å²) in [4.78, 5) is 26.4. The van der Waals surface area contributed by atoms with Crippen molar-refractivity contribution in [1.82, 2.24) is 4.90 Å². The van der Waals surface area contributed by atoms with Crippen molar-refractivity contribution in [3.05, 3.63) is 34.9 Å². The Bertz CT molecular complexity index is 807. The van der Waals surface area contributed by atoms with E-state index in [-0.39, 0.29) is 17.3 Å². The number of rotatable bonds is 2. The number of likely N-dealkylation sites (tertiary alicyclic amines) is 1. The molecule has 0 bridgehead atoms. The molecule has 2 heterocycles. The highest BCUT2D eigenvalue weighted by atomic mass is 16.5. The number of benzene rings is 1. The maximum Gasteiger partial charge on any atom is 0.306 e. The molecule has 2 saturated heterocycles. The molecule has 5 rings (SSSR count). The number of esters is 1. The van der Waals surface area contributed by atoms with Crippen molar-refractivity contribution >= 4 is 11.9 Å². The molecule has 0 atom stereocenters. The molecule has 0 radical (unpaired) electrons. The summed E-state index contributed by atoms with van der Waals surface area (Å²) in [7, 11) is 0. The van der Waals surface area contributed by atoms with Gasteiger partial charge in [-0.15, -0.1) is 0 Å². The van der Waals surface area contributed by atoms with E-state index in [1.54, 1.807) is 0 Å². The minimum atomic E-state index is -0.0887. The van der Waals surface area contributed by atoms with E-state index in [0.29, 0.717) is 30.3 Å². The molecule has 28 heavy (non-hydrogen) atoms. The first-order valence-corrected chi connectivity index (χ1v) is 10.9. The first-order chi connectivity index (χ1) is 13.4. The van der Waals surface area contributed by atoms with E-state index in [4.69, 9.17) is 4.74 Å². The van der Waals surface area contributed by atoms with Crippen LogP contribution in [0.15, 0.2) is 18.2 Å². The first-order valence-electron chi connectivity index (χ1n) is 10.9. The Kier molecular flexibility index (Phi) is 4.12. The average molecular weight is 382 g/mol. The van der Waals surface area contributed by atoms with Crippen LogP contribution in [0.5, 0.6) is 0 Å². The molecule has 2 aliphatic heterocycles. The Morgan fingerprint density at radius 3 is 2.43 bits per heavy atom. The van der Waals surface area contributed by atoms with E-state index >= 15 is 0 Å². The number of hydrogen-bond donors (Lipinski definition) is 0. The number of ether oxygens (including phenoxy) is 1. The van der Waals surface area contributed by atoms with E-state index in [2.05, 4.69) is 36.9 Å². The van der Waals surface area contributed by atoms with Gasteiger partial charge in [0.15, 0.2) is 0 Å². The van der Waals surface area contributed by atoms with Gasteiger partial charge in [-0.3, -0.25) is 9.59 Å². The number of carbonyl (C=O) groups is 2. The quantitative estimate of drug-likeness (QED) is 0.724. The lowest BCUT2D eigenvalue weighted by atomic mass is 9.55. The topological polar surface area (TPSA) is 46.6 Å². The van der Waals surface area contributed by atoms with Crippen molar-refractivity contribution in [2.45, 2.75) is 64.7 Å². The highest BCUT2D eigenvalue weighted by molar-refractivity contribution is 5.81. The lowest BCUT2D eigenvalue weighted by Crippen LogP contribution is -2.52. The molecular formula is C24H31NO3. The van der Waals surface area contributed by atoms with Gasteiger partial charge in [0.2, 0.25) is 5.91 Å². The molecule has 4 nitrogen and oxygen atoms in total. The summed E-state index contributed by atoms with van der Waals surface area (Å²) in [6, 6.07) is 6.70. The fourth-order valence-corrected chi connectivity index (χ4v) is 6.35. The molecule has 2 aliphatic carbocycles. The minimum Gasteiger partial charge on any atom is -0.465 e. The third-order valence-electron chi connectivity index (χ3n) is 8.35. The Labute approximate surface area is 167 Å². The van der Waals surface area contributed by atoms with Gasteiger partial charge in [0.25, 0.3) is 0 Å². The van der Waals surface area contributed by atoms with Gasteiger partial charge in [-0.2, -0.15) is 0 Å². The highest BCUT2D eigenvalue weighted by Crippen LogP contribution is 2.58. The summed E-state index contributed by atoms with van der Waals surface area (Å²) in [5, 5.41) is 0. The minimum absolute atomic E-state index is 0.0126. The van der Waals surface area contributed by atoms with Crippen LogP contribution in [-0.4, -0.2) is 36.5 Å². The zero-order valence-electron chi connectivity index (χ0n) is 17.1. The normalized spacial score (nSPS) is 28.1. The Morgan fingerprint density at radius 2 is 1.79 bits per heavy atom. The second-order valence-electron chi connectivity index (χ2n) is 10.2. The maximum atomic E-state index is 12.9. The van der Waals surface area contributed by atoms with Gasteiger partial charge in [0.1, 0.15) is 0 Å². The van der Waals surface area contributed by atoms with Crippen LogP contribution < -0.4 is 0 Å². The molecule has 0 N–H and O–H groups in total. The average Bonchev–Trinajstić information content (AvgIpc) is 3.03. The number of aryl methyl sites for hydroxylation is 1. The lowest BCUT2D eigenvalue weighted by Gasteiger charge is -2.54. The van der Waals surface area contributed by atoms with E-state index in [1.807, 2.05) is 0 Å². The zero-order valence-corrected chi connectivity index (χ0v) is 17.1. The third-order valence-corrected chi connectivity index (χ3v) is 8.35. The summed E-state index contributed by atoms with van der Waals surface area (Å²) in [5.74, 6) is 1.06. The molecule has 4 aliphatic rings. The van der Waals surface area contributed by atoms with Crippen molar-refractivity contribution in [3.63, 3.8) is 0 Å². The lowest BCUT2D eigenvalue weighted by molar-refractivity contribution is -0.147. The van der Waals surface area contributed by atoms with E-state index in [9.17, 15) is 9.59 Å². The smallest absolute Gasteiger partial charge is 0.306 e. The molecule has 1 aromatic carbocycles. The second-order valence-corrected chi connectivity index (χ2v) is 10.2. The summed E-state index contributed by atoms with van der Waals surface area (Å²) >= 11 is 0.